The molecule has 0 saturated carbocycles. The van der Waals surface area contributed by atoms with Crippen molar-refractivity contribution in [3.05, 3.63) is 41.3 Å². The van der Waals surface area contributed by atoms with Crippen LogP contribution in [0.3, 0.4) is 0 Å². The monoisotopic (exact) mass is 273 g/mol. The van der Waals surface area contributed by atoms with Crippen LogP contribution in [0.5, 0.6) is 0 Å². The average Bonchev–Trinajstić information content (AvgIpc) is 2.73. The van der Waals surface area contributed by atoms with E-state index in [9.17, 15) is 0 Å². The van der Waals surface area contributed by atoms with Gasteiger partial charge in [-0.25, -0.2) is 0 Å². The molecule has 0 aliphatic heterocycles. The van der Waals surface area contributed by atoms with Crippen LogP contribution in [0.4, 0.5) is 5.82 Å². The van der Waals surface area contributed by atoms with Crippen LogP contribution in [-0.2, 0) is 20.1 Å². The highest BCUT2D eigenvalue weighted by atomic mass is 15.4. The van der Waals surface area contributed by atoms with E-state index in [1.165, 1.54) is 11.4 Å². The third-order valence-electron chi connectivity index (χ3n) is 3.43. The Morgan fingerprint density at radius 3 is 2.75 bits per heavy atom. The number of nitrogens with zero attached hydrogens (tertiary/aromatic N) is 4. The van der Waals surface area contributed by atoms with Crippen molar-refractivity contribution in [3.63, 3.8) is 0 Å². The van der Waals surface area contributed by atoms with E-state index in [-0.39, 0.29) is 0 Å². The molecule has 0 fully saturated rings. The van der Waals surface area contributed by atoms with Crippen LogP contribution in [-0.4, -0.2) is 28.4 Å². The Labute approximate surface area is 120 Å². The molecule has 0 radical (unpaired) electrons. The molecule has 0 atom stereocenters. The summed E-state index contributed by atoms with van der Waals surface area (Å²) in [5.74, 6) is 1.17. The van der Waals surface area contributed by atoms with Gasteiger partial charge < -0.3 is 10.2 Å². The zero-order chi connectivity index (χ0) is 14.5. The van der Waals surface area contributed by atoms with E-state index in [4.69, 9.17) is 0 Å². The van der Waals surface area contributed by atoms with E-state index < -0.39 is 0 Å². The summed E-state index contributed by atoms with van der Waals surface area (Å²) in [6.45, 7) is 6.77. The van der Waals surface area contributed by atoms with Crippen LogP contribution in [0, 0.1) is 6.92 Å². The molecule has 20 heavy (non-hydrogen) atoms. The molecule has 0 unspecified atom stereocenters. The van der Waals surface area contributed by atoms with Crippen LogP contribution >= 0.6 is 0 Å². The van der Waals surface area contributed by atoms with Crippen LogP contribution in [0.15, 0.2) is 24.4 Å². The Bertz CT molecular complexity index is 547. The van der Waals surface area contributed by atoms with E-state index in [1.54, 1.807) is 0 Å². The predicted octanol–water partition coefficient (Wildman–Crippen LogP) is 1.87. The fourth-order valence-electron chi connectivity index (χ4n) is 2.49. The lowest BCUT2D eigenvalue weighted by Gasteiger charge is -2.24. The number of hydrogen-bond acceptors (Lipinski definition) is 4. The molecule has 2 aromatic rings. The minimum absolute atomic E-state index is 0.799. The molecular weight excluding hydrogens is 250 g/mol. The number of aromatic nitrogens is 3. The van der Waals surface area contributed by atoms with Gasteiger partial charge in [-0.15, -0.1) is 0 Å². The summed E-state index contributed by atoms with van der Waals surface area (Å²) in [5, 5.41) is 7.78. The second-order valence-electron chi connectivity index (χ2n) is 4.88. The van der Waals surface area contributed by atoms with Crippen molar-refractivity contribution in [2.75, 3.05) is 18.5 Å². The third-order valence-corrected chi connectivity index (χ3v) is 3.43. The number of hydrogen-bond donors (Lipinski definition) is 1. The first-order chi connectivity index (χ1) is 9.67. The number of anilines is 1. The molecule has 2 rings (SSSR count). The Morgan fingerprint density at radius 2 is 2.15 bits per heavy atom. The summed E-state index contributed by atoms with van der Waals surface area (Å²) < 4.78 is 1.97. The van der Waals surface area contributed by atoms with Gasteiger partial charge in [0.1, 0.15) is 5.82 Å². The van der Waals surface area contributed by atoms with Gasteiger partial charge >= 0.3 is 0 Å². The van der Waals surface area contributed by atoms with E-state index >= 15 is 0 Å². The second-order valence-corrected chi connectivity index (χ2v) is 4.88. The average molecular weight is 273 g/mol. The SMILES string of the molecule is CCN(Cc1ccccn1)c1c(CNC)c(C)nn1C. The standard InChI is InChI=1S/C15H23N5/c1-5-20(11-13-8-6-7-9-17-13)15-14(10-16-3)12(2)18-19(15)4/h6-9,16H,5,10-11H2,1-4H3. The highest BCUT2D eigenvalue weighted by molar-refractivity contribution is 5.50. The van der Waals surface area contributed by atoms with Crippen LogP contribution in [0.2, 0.25) is 0 Å². The highest BCUT2D eigenvalue weighted by Crippen LogP contribution is 2.24. The molecule has 2 aromatic heterocycles. The van der Waals surface area contributed by atoms with Gasteiger partial charge in [0.05, 0.1) is 17.9 Å². The summed E-state index contributed by atoms with van der Waals surface area (Å²) in [6, 6.07) is 6.03. The molecule has 0 aliphatic rings. The maximum absolute atomic E-state index is 4.55. The third kappa shape index (κ3) is 2.99. The maximum atomic E-state index is 4.55. The van der Waals surface area contributed by atoms with E-state index in [2.05, 4.69) is 40.2 Å². The number of rotatable bonds is 6. The molecule has 2 heterocycles. The predicted molar refractivity (Wildman–Crippen MR) is 81.7 cm³/mol. The van der Waals surface area contributed by atoms with Gasteiger partial charge in [-0.1, -0.05) is 6.07 Å². The summed E-state index contributed by atoms with van der Waals surface area (Å²) in [6.07, 6.45) is 1.84. The molecule has 108 valence electrons. The molecule has 0 aliphatic carbocycles. The molecular formula is C15H23N5. The molecule has 0 spiro atoms. The number of pyridine rings is 1. The molecule has 5 heteroatoms. The lowest BCUT2D eigenvalue weighted by molar-refractivity contribution is 0.695. The Kier molecular flexibility index (Phi) is 4.74. The molecule has 0 amide bonds. The van der Waals surface area contributed by atoms with Crippen molar-refractivity contribution < 1.29 is 0 Å². The molecule has 1 N–H and O–H groups in total. The first-order valence-corrected chi connectivity index (χ1v) is 6.99. The van der Waals surface area contributed by atoms with E-state index in [0.717, 1.165) is 31.0 Å². The van der Waals surface area contributed by atoms with Crippen LogP contribution in [0.25, 0.3) is 0 Å². The minimum atomic E-state index is 0.799. The molecule has 0 bridgehead atoms. The fraction of sp³-hybridized carbons (Fsp3) is 0.467. The summed E-state index contributed by atoms with van der Waals surface area (Å²) in [5.41, 5.74) is 3.41. The van der Waals surface area contributed by atoms with Crippen molar-refractivity contribution in [2.24, 2.45) is 7.05 Å². The lowest BCUT2D eigenvalue weighted by Crippen LogP contribution is -2.26. The maximum Gasteiger partial charge on any atom is 0.131 e. The summed E-state index contributed by atoms with van der Waals surface area (Å²) in [7, 11) is 3.97. The Morgan fingerprint density at radius 1 is 1.35 bits per heavy atom. The minimum Gasteiger partial charge on any atom is -0.351 e. The topological polar surface area (TPSA) is 46.0 Å². The summed E-state index contributed by atoms with van der Waals surface area (Å²) in [4.78, 5) is 6.73. The van der Waals surface area contributed by atoms with Crippen molar-refractivity contribution in [3.8, 4) is 0 Å². The van der Waals surface area contributed by atoms with Gasteiger partial charge in [-0.05, 0) is 33.0 Å². The fourth-order valence-corrected chi connectivity index (χ4v) is 2.49. The Hall–Kier alpha value is -1.88. The normalized spacial score (nSPS) is 10.8. The largest absolute Gasteiger partial charge is 0.351 e. The van der Waals surface area contributed by atoms with Crippen molar-refractivity contribution in [1.82, 2.24) is 20.1 Å². The number of nitrogens with one attached hydrogen (secondary N) is 1. The zero-order valence-corrected chi connectivity index (χ0v) is 12.7. The van der Waals surface area contributed by atoms with Gasteiger partial charge in [0, 0.05) is 31.9 Å². The lowest BCUT2D eigenvalue weighted by atomic mass is 10.2. The first-order valence-electron chi connectivity index (χ1n) is 6.99. The number of aryl methyl sites for hydroxylation is 2. The smallest absolute Gasteiger partial charge is 0.131 e. The van der Waals surface area contributed by atoms with Gasteiger partial charge in [0.25, 0.3) is 0 Å². The quantitative estimate of drug-likeness (QED) is 0.873. The molecule has 5 nitrogen and oxygen atoms in total. The Balaban J connectivity index is 2.32. The van der Waals surface area contributed by atoms with Crippen molar-refractivity contribution in [2.45, 2.75) is 26.9 Å². The molecule has 0 aromatic carbocycles. The van der Waals surface area contributed by atoms with Crippen molar-refractivity contribution >= 4 is 5.82 Å². The van der Waals surface area contributed by atoms with Gasteiger partial charge in [-0.2, -0.15) is 5.10 Å². The van der Waals surface area contributed by atoms with Gasteiger partial charge in [0.15, 0.2) is 0 Å². The summed E-state index contributed by atoms with van der Waals surface area (Å²) >= 11 is 0. The zero-order valence-electron chi connectivity index (χ0n) is 12.7. The van der Waals surface area contributed by atoms with Crippen LogP contribution in [0.1, 0.15) is 23.9 Å². The first kappa shape index (κ1) is 14.5. The van der Waals surface area contributed by atoms with E-state index in [0.29, 0.717) is 0 Å². The second kappa shape index (κ2) is 6.52. The van der Waals surface area contributed by atoms with Gasteiger partial charge in [-0.3, -0.25) is 9.67 Å². The van der Waals surface area contributed by atoms with Crippen LogP contribution < -0.4 is 10.2 Å². The van der Waals surface area contributed by atoms with E-state index in [1.807, 2.05) is 37.1 Å². The molecule has 0 saturated heterocycles. The highest BCUT2D eigenvalue weighted by Gasteiger charge is 2.18. The van der Waals surface area contributed by atoms with Crippen molar-refractivity contribution in [1.29, 1.82) is 0 Å². The van der Waals surface area contributed by atoms with Gasteiger partial charge in [0.2, 0.25) is 0 Å².